The second-order valence-corrected chi connectivity index (χ2v) is 8.44. The van der Waals surface area contributed by atoms with Crippen molar-refractivity contribution in [3.8, 4) is 0 Å². The molecule has 1 aromatic heterocycles. The number of alkyl halides is 1. The Labute approximate surface area is 158 Å². The van der Waals surface area contributed by atoms with Crippen LogP contribution in [0.5, 0.6) is 0 Å². The van der Waals surface area contributed by atoms with Crippen LogP contribution in [0, 0.1) is 0 Å². The Kier molecular flexibility index (Phi) is 3.69. The van der Waals surface area contributed by atoms with Gasteiger partial charge < -0.3 is 0 Å². The summed E-state index contributed by atoms with van der Waals surface area (Å²) in [5.74, 6) is 0. The average molecular weight is 447 g/mol. The third kappa shape index (κ3) is 2.29. The van der Waals surface area contributed by atoms with Crippen LogP contribution in [-0.2, 0) is 7.05 Å². The van der Waals surface area contributed by atoms with Crippen molar-refractivity contribution in [3.63, 3.8) is 0 Å². The SMILES string of the molecule is Cn1nc2c(Br)cccc2c1C1=NC(C)(C)C(Br)c2ccccc21. The maximum absolute atomic E-state index is 5.11. The number of rotatable bonds is 1. The van der Waals surface area contributed by atoms with Crippen LogP contribution in [0.2, 0.25) is 0 Å². The lowest BCUT2D eigenvalue weighted by atomic mass is 9.85. The van der Waals surface area contributed by atoms with Crippen LogP contribution in [0.25, 0.3) is 10.9 Å². The second kappa shape index (κ2) is 5.53. The minimum absolute atomic E-state index is 0.191. The van der Waals surface area contributed by atoms with E-state index in [1.807, 2.05) is 23.9 Å². The number of hydrogen-bond acceptors (Lipinski definition) is 2. The van der Waals surface area contributed by atoms with E-state index in [9.17, 15) is 0 Å². The van der Waals surface area contributed by atoms with Crippen LogP contribution in [0.3, 0.4) is 0 Å². The molecule has 0 aliphatic carbocycles. The fourth-order valence-electron chi connectivity index (χ4n) is 3.36. The Balaban J connectivity index is 2.07. The van der Waals surface area contributed by atoms with E-state index in [4.69, 9.17) is 10.1 Å². The maximum atomic E-state index is 5.11. The molecular formula is C19H17Br2N3. The highest BCUT2D eigenvalue weighted by Crippen LogP contribution is 2.43. The first-order valence-electron chi connectivity index (χ1n) is 7.85. The van der Waals surface area contributed by atoms with E-state index in [2.05, 4.69) is 76.0 Å². The van der Waals surface area contributed by atoms with E-state index >= 15 is 0 Å². The highest BCUT2D eigenvalue weighted by Gasteiger charge is 2.36. The van der Waals surface area contributed by atoms with Crippen LogP contribution in [-0.4, -0.2) is 21.0 Å². The number of fused-ring (bicyclic) bond motifs is 2. The van der Waals surface area contributed by atoms with Crippen LogP contribution in [0.1, 0.15) is 35.5 Å². The van der Waals surface area contributed by atoms with Crippen LogP contribution < -0.4 is 0 Å². The first-order valence-corrected chi connectivity index (χ1v) is 9.56. The third-order valence-electron chi connectivity index (χ3n) is 4.55. The van der Waals surface area contributed by atoms with Crippen LogP contribution in [0.4, 0.5) is 0 Å². The Bertz CT molecular complexity index is 985. The van der Waals surface area contributed by atoms with E-state index in [1.54, 1.807) is 0 Å². The molecule has 3 aromatic rings. The molecule has 1 aliphatic heterocycles. The first kappa shape index (κ1) is 16.0. The van der Waals surface area contributed by atoms with Gasteiger partial charge in [0.25, 0.3) is 0 Å². The Hall–Kier alpha value is -1.46. The van der Waals surface area contributed by atoms with Gasteiger partial charge in [0.1, 0.15) is 5.52 Å². The van der Waals surface area contributed by atoms with Crippen LogP contribution in [0.15, 0.2) is 51.9 Å². The minimum Gasteiger partial charge on any atom is -0.275 e. The molecule has 0 amide bonds. The summed E-state index contributed by atoms with van der Waals surface area (Å²) >= 11 is 7.45. The van der Waals surface area contributed by atoms with Crippen molar-refractivity contribution in [1.82, 2.24) is 9.78 Å². The molecule has 5 heteroatoms. The summed E-state index contributed by atoms with van der Waals surface area (Å²) in [7, 11) is 1.99. The zero-order chi connectivity index (χ0) is 17.1. The lowest BCUT2D eigenvalue weighted by molar-refractivity contribution is 0.508. The summed E-state index contributed by atoms with van der Waals surface area (Å²) < 4.78 is 2.94. The Morgan fingerprint density at radius 3 is 2.62 bits per heavy atom. The molecule has 1 aliphatic rings. The first-order chi connectivity index (χ1) is 11.4. The average Bonchev–Trinajstić information content (AvgIpc) is 2.89. The molecule has 1 atom stereocenters. The quantitative estimate of drug-likeness (QED) is 0.460. The van der Waals surface area contributed by atoms with E-state index < -0.39 is 0 Å². The lowest BCUT2D eigenvalue weighted by Crippen LogP contribution is -2.32. The van der Waals surface area contributed by atoms with Crippen molar-refractivity contribution >= 4 is 48.5 Å². The van der Waals surface area contributed by atoms with Crippen molar-refractivity contribution in [2.75, 3.05) is 0 Å². The number of aryl methyl sites for hydroxylation is 1. The van der Waals surface area contributed by atoms with Gasteiger partial charge in [0.05, 0.1) is 21.8 Å². The number of nitrogens with zero attached hydrogens (tertiary/aromatic N) is 3. The zero-order valence-corrected chi connectivity index (χ0v) is 16.9. The summed E-state index contributed by atoms with van der Waals surface area (Å²) in [5.41, 5.74) is 5.25. The van der Waals surface area contributed by atoms with E-state index in [0.29, 0.717) is 0 Å². The number of benzene rings is 2. The summed E-state index contributed by atoms with van der Waals surface area (Å²) in [5, 5.41) is 5.82. The molecule has 0 saturated carbocycles. The van der Waals surface area contributed by atoms with Gasteiger partial charge in [-0.2, -0.15) is 5.10 Å². The van der Waals surface area contributed by atoms with Gasteiger partial charge in [0, 0.05) is 22.5 Å². The number of aliphatic imine (C=N–C) groups is 1. The standard InChI is InChI=1S/C19H17Br2N3/c1-19(2)18(21)12-8-5-4-7-11(12)16(22-19)17-13-9-6-10-14(20)15(13)23-24(17)3/h4-10,18H,1-3H3. The minimum atomic E-state index is -0.230. The summed E-state index contributed by atoms with van der Waals surface area (Å²) in [6.45, 7) is 4.33. The lowest BCUT2D eigenvalue weighted by Gasteiger charge is -2.34. The van der Waals surface area contributed by atoms with Gasteiger partial charge in [0.2, 0.25) is 0 Å². The normalized spacial score (nSPS) is 19.2. The molecule has 0 N–H and O–H groups in total. The molecule has 0 spiro atoms. The second-order valence-electron chi connectivity index (χ2n) is 6.67. The van der Waals surface area contributed by atoms with E-state index in [0.717, 1.165) is 26.8 Å². The molecule has 122 valence electrons. The van der Waals surface area contributed by atoms with Gasteiger partial charge in [-0.05, 0) is 41.4 Å². The molecule has 3 nitrogen and oxygen atoms in total. The van der Waals surface area contributed by atoms with Crippen molar-refractivity contribution in [3.05, 3.63) is 63.8 Å². The highest BCUT2D eigenvalue weighted by atomic mass is 79.9. The molecule has 4 rings (SSSR count). The van der Waals surface area contributed by atoms with Crippen molar-refractivity contribution in [1.29, 1.82) is 0 Å². The number of aromatic nitrogens is 2. The molecule has 24 heavy (non-hydrogen) atoms. The van der Waals surface area contributed by atoms with Gasteiger partial charge in [0.15, 0.2) is 0 Å². The number of halogens is 2. The van der Waals surface area contributed by atoms with Crippen LogP contribution >= 0.6 is 31.9 Å². The molecule has 1 unspecified atom stereocenters. The molecule has 2 heterocycles. The predicted molar refractivity (Wildman–Crippen MR) is 106 cm³/mol. The topological polar surface area (TPSA) is 30.2 Å². The molecular weight excluding hydrogens is 430 g/mol. The largest absolute Gasteiger partial charge is 0.275 e. The van der Waals surface area contributed by atoms with Gasteiger partial charge in [-0.3, -0.25) is 9.67 Å². The highest BCUT2D eigenvalue weighted by molar-refractivity contribution is 9.10. The van der Waals surface area contributed by atoms with Gasteiger partial charge in [-0.1, -0.05) is 52.3 Å². The Morgan fingerprint density at radius 2 is 1.83 bits per heavy atom. The molecule has 0 fully saturated rings. The summed E-state index contributed by atoms with van der Waals surface area (Å²) in [4.78, 5) is 5.30. The van der Waals surface area contributed by atoms with Gasteiger partial charge in [-0.25, -0.2) is 0 Å². The number of hydrogen-bond donors (Lipinski definition) is 0. The van der Waals surface area contributed by atoms with Gasteiger partial charge in [-0.15, -0.1) is 0 Å². The smallest absolute Gasteiger partial charge is 0.107 e. The molecule has 0 radical (unpaired) electrons. The van der Waals surface area contributed by atoms with E-state index in [1.165, 1.54) is 11.1 Å². The third-order valence-corrected chi connectivity index (χ3v) is 6.80. The Morgan fingerprint density at radius 1 is 1.08 bits per heavy atom. The predicted octanol–water partition coefficient (Wildman–Crippen LogP) is 5.40. The zero-order valence-electron chi connectivity index (χ0n) is 13.7. The summed E-state index contributed by atoms with van der Waals surface area (Å²) in [6.07, 6.45) is 0. The summed E-state index contributed by atoms with van der Waals surface area (Å²) in [6, 6.07) is 14.7. The van der Waals surface area contributed by atoms with Crippen molar-refractivity contribution in [2.45, 2.75) is 24.2 Å². The monoisotopic (exact) mass is 445 g/mol. The fourth-order valence-corrected chi connectivity index (χ4v) is 4.31. The molecule has 0 bridgehead atoms. The maximum Gasteiger partial charge on any atom is 0.107 e. The van der Waals surface area contributed by atoms with Gasteiger partial charge >= 0.3 is 0 Å². The fraction of sp³-hybridized carbons (Fsp3) is 0.263. The van der Waals surface area contributed by atoms with Crippen molar-refractivity contribution in [2.24, 2.45) is 12.0 Å². The molecule has 2 aromatic carbocycles. The van der Waals surface area contributed by atoms with Crippen molar-refractivity contribution < 1.29 is 0 Å². The molecule has 0 saturated heterocycles. The van der Waals surface area contributed by atoms with E-state index in [-0.39, 0.29) is 10.4 Å².